The summed E-state index contributed by atoms with van der Waals surface area (Å²) >= 11 is 0. The van der Waals surface area contributed by atoms with Gasteiger partial charge in [0.2, 0.25) is 10.0 Å². The molecule has 6 heteroatoms. The molecule has 0 radical (unpaired) electrons. The summed E-state index contributed by atoms with van der Waals surface area (Å²) in [6, 6.07) is 5.25. The molecule has 0 aliphatic heterocycles. The fourth-order valence-corrected chi connectivity index (χ4v) is 3.78. The number of primary sulfonamides is 1. The van der Waals surface area contributed by atoms with Gasteiger partial charge in [-0.15, -0.1) is 0 Å². The van der Waals surface area contributed by atoms with Gasteiger partial charge in [0.1, 0.15) is 4.90 Å². The molecule has 3 unspecified atom stereocenters. The summed E-state index contributed by atoms with van der Waals surface area (Å²) in [5.41, 5.74) is 6.81. The molecule has 3 atom stereocenters. The van der Waals surface area contributed by atoms with Gasteiger partial charge in [-0.05, 0) is 42.9 Å². The van der Waals surface area contributed by atoms with Gasteiger partial charge >= 0.3 is 0 Å². The van der Waals surface area contributed by atoms with E-state index in [4.69, 9.17) is 10.9 Å². The van der Waals surface area contributed by atoms with Gasteiger partial charge in [-0.3, -0.25) is 0 Å². The Balaban J connectivity index is 2.14. The molecule has 0 bridgehead atoms. The first-order chi connectivity index (χ1) is 9.32. The standard InChI is InChI=1S/C14H23N3O2S/c1-3-10-4-6-13(9(10)2)17-11-5-7-14(12(15)8-11)20(16,18)19/h5,7-10,13,17H,3-4,6,15H2,1-2H3,(H2,16,18,19). The van der Waals surface area contributed by atoms with E-state index in [9.17, 15) is 8.42 Å². The molecule has 0 saturated heterocycles. The quantitative estimate of drug-likeness (QED) is 0.742. The van der Waals surface area contributed by atoms with Gasteiger partial charge in [0.15, 0.2) is 0 Å². The molecular formula is C14H23N3O2S. The summed E-state index contributed by atoms with van der Waals surface area (Å²) in [5.74, 6) is 1.37. The zero-order valence-corrected chi connectivity index (χ0v) is 12.8. The SMILES string of the molecule is CCC1CCC(Nc2ccc(S(N)(=O)=O)c(N)c2)C1C. The van der Waals surface area contributed by atoms with Crippen molar-refractivity contribution < 1.29 is 8.42 Å². The summed E-state index contributed by atoms with van der Waals surface area (Å²) < 4.78 is 22.6. The van der Waals surface area contributed by atoms with E-state index < -0.39 is 10.0 Å². The molecule has 0 heterocycles. The molecule has 2 rings (SSSR count). The summed E-state index contributed by atoms with van der Waals surface area (Å²) in [7, 11) is -3.75. The van der Waals surface area contributed by atoms with Gasteiger partial charge in [0, 0.05) is 11.7 Å². The Morgan fingerprint density at radius 2 is 2.05 bits per heavy atom. The summed E-state index contributed by atoms with van der Waals surface area (Å²) in [5, 5.41) is 8.56. The first kappa shape index (κ1) is 15.1. The fraction of sp³-hybridized carbons (Fsp3) is 0.571. The van der Waals surface area contributed by atoms with Crippen LogP contribution in [0.5, 0.6) is 0 Å². The van der Waals surface area contributed by atoms with E-state index >= 15 is 0 Å². The largest absolute Gasteiger partial charge is 0.398 e. The third-order valence-corrected chi connectivity index (χ3v) is 5.40. The second-order valence-electron chi connectivity index (χ2n) is 5.65. The predicted octanol–water partition coefficient (Wildman–Crippen LogP) is 2.15. The number of hydrogen-bond donors (Lipinski definition) is 3. The van der Waals surface area contributed by atoms with E-state index in [2.05, 4.69) is 19.2 Å². The molecule has 1 saturated carbocycles. The summed E-state index contributed by atoms with van der Waals surface area (Å²) in [6.45, 7) is 4.49. The summed E-state index contributed by atoms with van der Waals surface area (Å²) in [6.07, 6.45) is 3.57. The van der Waals surface area contributed by atoms with E-state index in [1.807, 2.05) is 0 Å². The van der Waals surface area contributed by atoms with Crippen LogP contribution in [0.3, 0.4) is 0 Å². The molecule has 1 fully saturated rings. The van der Waals surface area contributed by atoms with Crippen molar-refractivity contribution in [3.63, 3.8) is 0 Å². The number of nitrogens with two attached hydrogens (primary N) is 2. The molecule has 112 valence electrons. The molecular weight excluding hydrogens is 274 g/mol. The minimum Gasteiger partial charge on any atom is -0.398 e. The number of nitrogen functional groups attached to an aromatic ring is 1. The molecule has 5 nitrogen and oxygen atoms in total. The van der Waals surface area contributed by atoms with Crippen molar-refractivity contribution in [3.05, 3.63) is 18.2 Å². The van der Waals surface area contributed by atoms with Crippen LogP contribution < -0.4 is 16.2 Å². The molecule has 0 amide bonds. The number of anilines is 2. The monoisotopic (exact) mass is 297 g/mol. The molecule has 1 aromatic carbocycles. The van der Waals surface area contributed by atoms with Crippen LogP contribution in [0, 0.1) is 11.8 Å². The van der Waals surface area contributed by atoms with Crippen molar-refractivity contribution in [2.24, 2.45) is 17.0 Å². The normalized spacial score (nSPS) is 26.6. The van der Waals surface area contributed by atoms with Crippen molar-refractivity contribution >= 4 is 21.4 Å². The van der Waals surface area contributed by atoms with E-state index in [1.54, 1.807) is 12.1 Å². The highest BCUT2D eigenvalue weighted by Gasteiger charge is 2.31. The maximum Gasteiger partial charge on any atom is 0.240 e. The van der Waals surface area contributed by atoms with Crippen LogP contribution in [0.2, 0.25) is 0 Å². The predicted molar refractivity (Wildman–Crippen MR) is 81.8 cm³/mol. The van der Waals surface area contributed by atoms with Gasteiger partial charge in [-0.25, -0.2) is 13.6 Å². The third kappa shape index (κ3) is 3.07. The molecule has 1 aromatic rings. The Morgan fingerprint density at radius 1 is 1.35 bits per heavy atom. The van der Waals surface area contributed by atoms with Crippen LogP contribution in [0.15, 0.2) is 23.1 Å². The van der Waals surface area contributed by atoms with Crippen molar-refractivity contribution in [3.8, 4) is 0 Å². The first-order valence-electron chi connectivity index (χ1n) is 7.01. The average molecular weight is 297 g/mol. The molecule has 1 aliphatic rings. The Hall–Kier alpha value is -1.27. The highest BCUT2D eigenvalue weighted by atomic mass is 32.2. The number of nitrogens with one attached hydrogen (secondary N) is 1. The molecule has 20 heavy (non-hydrogen) atoms. The van der Waals surface area contributed by atoms with Crippen LogP contribution in [0.25, 0.3) is 0 Å². The van der Waals surface area contributed by atoms with Gasteiger partial charge in [-0.1, -0.05) is 20.3 Å². The lowest BCUT2D eigenvalue weighted by atomic mass is 9.93. The van der Waals surface area contributed by atoms with Crippen LogP contribution in [-0.4, -0.2) is 14.5 Å². The zero-order valence-electron chi connectivity index (χ0n) is 12.0. The minimum atomic E-state index is -3.75. The van der Waals surface area contributed by atoms with Gasteiger partial charge in [-0.2, -0.15) is 0 Å². The van der Waals surface area contributed by atoms with Crippen molar-refractivity contribution in [1.29, 1.82) is 0 Å². The second kappa shape index (κ2) is 5.61. The first-order valence-corrected chi connectivity index (χ1v) is 8.56. The lowest BCUT2D eigenvalue weighted by Gasteiger charge is -2.22. The second-order valence-corrected chi connectivity index (χ2v) is 7.18. The molecule has 0 spiro atoms. The highest BCUT2D eigenvalue weighted by Crippen LogP contribution is 2.36. The fourth-order valence-electron chi connectivity index (χ4n) is 3.14. The van der Waals surface area contributed by atoms with Gasteiger partial charge in [0.05, 0.1) is 5.69 Å². The zero-order chi connectivity index (χ0) is 14.9. The van der Waals surface area contributed by atoms with Crippen molar-refractivity contribution in [2.75, 3.05) is 11.1 Å². The minimum absolute atomic E-state index is 0.0195. The highest BCUT2D eigenvalue weighted by molar-refractivity contribution is 7.89. The van der Waals surface area contributed by atoms with Crippen molar-refractivity contribution in [2.45, 2.75) is 44.0 Å². The van der Waals surface area contributed by atoms with Crippen LogP contribution in [-0.2, 0) is 10.0 Å². The lowest BCUT2D eigenvalue weighted by molar-refractivity contribution is 0.392. The Bertz CT molecular complexity index is 586. The maximum atomic E-state index is 11.3. The molecule has 0 aromatic heterocycles. The van der Waals surface area contributed by atoms with Crippen LogP contribution in [0.1, 0.15) is 33.1 Å². The maximum absolute atomic E-state index is 11.3. The van der Waals surface area contributed by atoms with Crippen LogP contribution >= 0.6 is 0 Å². The Labute approximate surface area is 120 Å². The number of benzene rings is 1. The van der Waals surface area contributed by atoms with E-state index in [1.165, 1.54) is 18.9 Å². The van der Waals surface area contributed by atoms with Gasteiger partial charge < -0.3 is 11.1 Å². The Morgan fingerprint density at radius 3 is 2.55 bits per heavy atom. The number of hydrogen-bond acceptors (Lipinski definition) is 4. The van der Waals surface area contributed by atoms with Crippen molar-refractivity contribution in [1.82, 2.24) is 0 Å². The Kier molecular flexibility index (Phi) is 4.25. The van der Waals surface area contributed by atoms with Gasteiger partial charge in [0.25, 0.3) is 0 Å². The summed E-state index contributed by atoms with van der Waals surface area (Å²) in [4.78, 5) is -0.0195. The third-order valence-electron chi connectivity index (χ3n) is 4.42. The number of sulfonamides is 1. The lowest BCUT2D eigenvalue weighted by Crippen LogP contribution is -2.24. The van der Waals surface area contributed by atoms with E-state index in [0.29, 0.717) is 12.0 Å². The topological polar surface area (TPSA) is 98.2 Å². The number of rotatable bonds is 4. The average Bonchev–Trinajstić information content (AvgIpc) is 2.69. The molecule has 5 N–H and O–H groups in total. The molecule has 1 aliphatic carbocycles. The van der Waals surface area contributed by atoms with E-state index in [0.717, 1.165) is 18.0 Å². The smallest absolute Gasteiger partial charge is 0.240 e. The van der Waals surface area contributed by atoms with E-state index in [-0.39, 0.29) is 10.6 Å². The van der Waals surface area contributed by atoms with Crippen LogP contribution in [0.4, 0.5) is 11.4 Å².